The summed E-state index contributed by atoms with van der Waals surface area (Å²) in [5, 5.41) is 3.51. The van der Waals surface area contributed by atoms with Gasteiger partial charge in [-0.1, -0.05) is 55.8 Å². The summed E-state index contributed by atoms with van der Waals surface area (Å²) in [6, 6.07) is 14.9. The Morgan fingerprint density at radius 1 is 1.03 bits per heavy atom. The van der Waals surface area contributed by atoms with E-state index in [2.05, 4.69) is 12.2 Å². The average molecular weight is 429 g/mol. The van der Waals surface area contributed by atoms with Gasteiger partial charge in [0.2, 0.25) is 5.78 Å². The van der Waals surface area contributed by atoms with Crippen LogP contribution >= 0.6 is 11.3 Å². The fraction of sp³-hybridized carbons (Fsp3) is 0.227. The normalized spacial score (nSPS) is 11.4. The van der Waals surface area contributed by atoms with Crippen LogP contribution in [0.25, 0.3) is 0 Å². The Morgan fingerprint density at radius 3 is 2.21 bits per heavy atom. The van der Waals surface area contributed by atoms with E-state index in [0.717, 1.165) is 29.0 Å². The van der Waals surface area contributed by atoms with E-state index in [-0.39, 0.29) is 27.0 Å². The van der Waals surface area contributed by atoms with Gasteiger partial charge in [0.1, 0.15) is 14.8 Å². The number of hydrogen-bond donors (Lipinski definition) is 2. The Bertz CT molecular complexity index is 1130. The lowest BCUT2D eigenvalue weighted by molar-refractivity contribution is 0.104. The van der Waals surface area contributed by atoms with Gasteiger partial charge in [-0.2, -0.15) is 0 Å². The van der Waals surface area contributed by atoms with Gasteiger partial charge < -0.3 is 11.1 Å². The first-order chi connectivity index (χ1) is 13.8. The van der Waals surface area contributed by atoms with Crippen molar-refractivity contribution < 1.29 is 13.2 Å². The van der Waals surface area contributed by atoms with E-state index in [4.69, 9.17) is 5.73 Å². The van der Waals surface area contributed by atoms with Crippen molar-refractivity contribution >= 4 is 43.3 Å². The first kappa shape index (κ1) is 21.1. The quantitative estimate of drug-likeness (QED) is 0.519. The number of nitrogen functional groups attached to an aromatic ring is 1. The van der Waals surface area contributed by atoms with Crippen molar-refractivity contribution in [3.8, 4) is 0 Å². The zero-order chi connectivity index (χ0) is 21.2. The lowest BCUT2D eigenvalue weighted by Gasteiger charge is -2.08. The van der Waals surface area contributed by atoms with E-state index in [0.29, 0.717) is 10.6 Å². The number of anilines is 3. The highest BCUT2D eigenvalue weighted by atomic mass is 32.2. The minimum Gasteiger partial charge on any atom is -0.396 e. The lowest BCUT2D eigenvalue weighted by Crippen LogP contribution is -2.09. The van der Waals surface area contributed by atoms with Gasteiger partial charge >= 0.3 is 0 Å². The van der Waals surface area contributed by atoms with Gasteiger partial charge in [0.05, 0.1) is 11.4 Å². The summed E-state index contributed by atoms with van der Waals surface area (Å²) in [7, 11) is -3.62. The van der Waals surface area contributed by atoms with Crippen molar-refractivity contribution in [3.63, 3.8) is 0 Å². The number of nitrogens with one attached hydrogen (secondary N) is 1. The molecule has 5 nitrogen and oxygen atoms in total. The van der Waals surface area contributed by atoms with Crippen LogP contribution in [0.15, 0.2) is 53.4 Å². The molecule has 0 saturated heterocycles. The second kappa shape index (κ2) is 8.39. The summed E-state index contributed by atoms with van der Waals surface area (Å²) < 4.78 is 25.5. The highest BCUT2D eigenvalue weighted by Gasteiger charge is 2.29. The molecule has 1 aromatic heterocycles. The fourth-order valence-electron chi connectivity index (χ4n) is 2.92. The zero-order valence-electron chi connectivity index (χ0n) is 16.7. The number of carbonyl (C=O) groups excluding carboxylic acids is 1. The second-order valence-corrected chi connectivity index (χ2v) is 10.0. The van der Waals surface area contributed by atoms with E-state index < -0.39 is 9.84 Å². The van der Waals surface area contributed by atoms with Crippen molar-refractivity contribution in [1.82, 2.24) is 0 Å². The average Bonchev–Trinajstić information content (AvgIpc) is 3.05. The standard InChI is InChI=1S/C22H24N2O3S2/c1-4-15-8-12-17(13-9-15)24-22-21(29(26,27)5-2)18(23)20(28-22)19(25)16-10-6-14(3)7-11-16/h6-13,24H,4-5,23H2,1-3H3. The Balaban J connectivity index is 2.08. The molecule has 0 atom stereocenters. The molecule has 29 heavy (non-hydrogen) atoms. The molecule has 0 spiro atoms. The molecule has 7 heteroatoms. The number of nitrogens with two attached hydrogens (primary N) is 1. The van der Waals surface area contributed by atoms with Crippen LogP contribution in [-0.4, -0.2) is 20.0 Å². The topological polar surface area (TPSA) is 89.3 Å². The molecule has 0 aliphatic carbocycles. The summed E-state index contributed by atoms with van der Waals surface area (Å²) >= 11 is 1.08. The predicted molar refractivity (Wildman–Crippen MR) is 120 cm³/mol. The van der Waals surface area contributed by atoms with Crippen molar-refractivity contribution in [2.75, 3.05) is 16.8 Å². The molecule has 1 heterocycles. The molecule has 0 aliphatic rings. The highest BCUT2D eigenvalue weighted by molar-refractivity contribution is 7.92. The number of rotatable bonds is 7. The number of carbonyl (C=O) groups is 1. The molecule has 0 aliphatic heterocycles. The van der Waals surface area contributed by atoms with Gasteiger partial charge in [-0.3, -0.25) is 4.79 Å². The van der Waals surface area contributed by atoms with E-state index >= 15 is 0 Å². The Hall–Kier alpha value is -2.64. The number of sulfone groups is 1. The van der Waals surface area contributed by atoms with Gasteiger partial charge in [-0.15, -0.1) is 11.3 Å². The van der Waals surface area contributed by atoms with Crippen LogP contribution in [0.4, 0.5) is 16.4 Å². The summed E-state index contributed by atoms with van der Waals surface area (Å²) in [5.41, 5.74) is 9.64. The molecule has 0 saturated carbocycles. The largest absolute Gasteiger partial charge is 0.396 e. The minimum atomic E-state index is -3.62. The smallest absolute Gasteiger partial charge is 0.205 e. The molecular formula is C22H24N2O3S2. The van der Waals surface area contributed by atoms with Crippen molar-refractivity contribution in [2.45, 2.75) is 32.1 Å². The minimum absolute atomic E-state index is 0.0000275. The van der Waals surface area contributed by atoms with Crippen LogP contribution in [0.3, 0.4) is 0 Å². The maximum atomic E-state index is 13.0. The molecule has 0 bridgehead atoms. The molecule has 152 valence electrons. The molecule has 3 rings (SSSR count). The molecule has 2 aromatic carbocycles. The van der Waals surface area contributed by atoms with Crippen LogP contribution in [-0.2, 0) is 16.3 Å². The number of benzene rings is 2. The Kier molecular flexibility index (Phi) is 6.10. The Labute approximate surface area is 175 Å². The third-order valence-corrected chi connectivity index (χ3v) is 7.79. The number of ketones is 1. The van der Waals surface area contributed by atoms with Gasteiger partial charge in [0.25, 0.3) is 0 Å². The Morgan fingerprint density at radius 2 is 1.66 bits per heavy atom. The summed E-state index contributed by atoms with van der Waals surface area (Å²) in [6.45, 7) is 5.57. The first-order valence-electron chi connectivity index (χ1n) is 9.39. The van der Waals surface area contributed by atoms with Crippen LogP contribution < -0.4 is 11.1 Å². The molecular weight excluding hydrogens is 404 g/mol. The van der Waals surface area contributed by atoms with Crippen molar-refractivity contribution in [2.24, 2.45) is 0 Å². The molecule has 3 aromatic rings. The van der Waals surface area contributed by atoms with Crippen LogP contribution in [0, 0.1) is 6.92 Å². The highest BCUT2D eigenvalue weighted by Crippen LogP contribution is 2.42. The maximum absolute atomic E-state index is 13.0. The lowest BCUT2D eigenvalue weighted by atomic mass is 10.1. The number of hydrogen-bond acceptors (Lipinski definition) is 6. The second-order valence-electron chi connectivity index (χ2n) is 6.78. The van der Waals surface area contributed by atoms with Crippen molar-refractivity contribution in [3.05, 3.63) is 70.1 Å². The summed E-state index contributed by atoms with van der Waals surface area (Å²) in [4.78, 5) is 13.2. The van der Waals surface area contributed by atoms with Crippen molar-refractivity contribution in [1.29, 1.82) is 0 Å². The van der Waals surface area contributed by atoms with Gasteiger partial charge in [0, 0.05) is 11.3 Å². The summed E-state index contributed by atoms with van der Waals surface area (Å²) in [5.74, 6) is -0.385. The maximum Gasteiger partial charge on any atom is 0.205 e. The van der Waals surface area contributed by atoms with E-state index in [1.807, 2.05) is 43.3 Å². The number of thiophene rings is 1. The molecule has 0 amide bonds. The van der Waals surface area contributed by atoms with E-state index in [9.17, 15) is 13.2 Å². The molecule has 0 fully saturated rings. The SMILES string of the molecule is CCc1ccc(Nc2sc(C(=O)c3ccc(C)cc3)c(N)c2S(=O)(=O)CC)cc1. The summed E-state index contributed by atoms with van der Waals surface area (Å²) in [6.07, 6.45) is 0.914. The third kappa shape index (κ3) is 4.36. The zero-order valence-corrected chi connectivity index (χ0v) is 18.3. The monoisotopic (exact) mass is 428 g/mol. The van der Waals surface area contributed by atoms with Crippen LogP contribution in [0.5, 0.6) is 0 Å². The van der Waals surface area contributed by atoms with Crippen LogP contribution in [0.2, 0.25) is 0 Å². The van der Waals surface area contributed by atoms with E-state index in [1.54, 1.807) is 19.1 Å². The first-order valence-corrected chi connectivity index (χ1v) is 11.9. The van der Waals surface area contributed by atoms with Gasteiger partial charge in [-0.25, -0.2) is 8.42 Å². The fourth-order valence-corrected chi connectivity index (χ4v) is 5.55. The molecule has 0 radical (unpaired) electrons. The van der Waals surface area contributed by atoms with Gasteiger partial charge in [0.15, 0.2) is 9.84 Å². The van der Waals surface area contributed by atoms with E-state index in [1.165, 1.54) is 5.56 Å². The number of aryl methyl sites for hydroxylation is 2. The predicted octanol–water partition coefficient (Wildman–Crippen LogP) is 4.97. The molecule has 3 N–H and O–H groups in total. The molecule has 0 unspecified atom stereocenters. The third-order valence-electron chi connectivity index (χ3n) is 4.73. The van der Waals surface area contributed by atoms with Crippen LogP contribution in [0.1, 0.15) is 40.2 Å². The van der Waals surface area contributed by atoms with Gasteiger partial charge in [-0.05, 0) is 31.0 Å².